The molecule has 0 atom stereocenters. The predicted molar refractivity (Wildman–Crippen MR) is 96.3 cm³/mol. The molecule has 2 amide bonds. The molecular formula is C18H19N5O2. The Balaban J connectivity index is 2.37. The first-order chi connectivity index (χ1) is 12.1. The molecule has 128 valence electrons. The summed E-state index contributed by atoms with van der Waals surface area (Å²) in [5.74, 6) is -0.605. The van der Waals surface area contributed by atoms with Gasteiger partial charge in [0, 0.05) is 31.9 Å². The van der Waals surface area contributed by atoms with Gasteiger partial charge in [-0.25, -0.2) is 4.98 Å². The van der Waals surface area contributed by atoms with E-state index in [0.717, 1.165) is 10.6 Å². The number of amides is 2. The SMILES string of the molecule is C/C=C(\C=NC)C(=O)NN(C(=O)c1cccnc1)c1ccc(C)cn1. The Bertz CT molecular complexity index is 798. The van der Waals surface area contributed by atoms with Gasteiger partial charge < -0.3 is 0 Å². The first-order valence-electron chi connectivity index (χ1n) is 7.63. The average Bonchev–Trinajstić information content (AvgIpc) is 2.65. The molecule has 2 aromatic heterocycles. The van der Waals surface area contributed by atoms with E-state index in [2.05, 4.69) is 20.4 Å². The number of anilines is 1. The second kappa shape index (κ2) is 8.49. The molecule has 2 aromatic rings. The number of aliphatic imine (C=N–C) groups is 1. The van der Waals surface area contributed by atoms with Crippen molar-refractivity contribution in [1.82, 2.24) is 15.4 Å². The zero-order valence-corrected chi connectivity index (χ0v) is 14.3. The summed E-state index contributed by atoms with van der Waals surface area (Å²) in [7, 11) is 1.57. The fourth-order valence-corrected chi connectivity index (χ4v) is 1.99. The van der Waals surface area contributed by atoms with Crippen molar-refractivity contribution >= 4 is 23.8 Å². The number of carbonyl (C=O) groups excluding carboxylic acids is 2. The molecule has 0 saturated carbocycles. The topological polar surface area (TPSA) is 87.5 Å². The summed E-state index contributed by atoms with van der Waals surface area (Å²) in [6.07, 6.45) is 7.65. The minimum absolute atomic E-state index is 0.302. The van der Waals surface area contributed by atoms with Crippen LogP contribution in [0.25, 0.3) is 0 Å². The number of hydrogen-bond acceptors (Lipinski definition) is 5. The van der Waals surface area contributed by atoms with Gasteiger partial charge in [-0.3, -0.25) is 25.0 Å². The van der Waals surface area contributed by atoms with E-state index in [-0.39, 0.29) is 0 Å². The van der Waals surface area contributed by atoms with Crippen LogP contribution in [-0.4, -0.2) is 35.0 Å². The number of nitrogens with one attached hydrogen (secondary N) is 1. The smallest absolute Gasteiger partial charge is 0.280 e. The number of nitrogens with zero attached hydrogens (tertiary/aromatic N) is 4. The zero-order chi connectivity index (χ0) is 18.2. The lowest BCUT2D eigenvalue weighted by atomic mass is 10.2. The highest BCUT2D eigenvalue weighted by Gasteiger charge is 2.22. The molecule has 2 heterocycles. The first kappa shape index (κ1) is 18.0. The lowest BCUT2D eigenvalue weighted by molar-refractivity contribution is -0.117. The Hall–Kier alpha value is -3.35. The molecule has 0 bridgehead atoms. The second-order valence-corrected chi connectivity index (χ2v) is 5.15. The fraction of sp³-hybridized carbons (Fsp3) is 0.167. The number of pyridine rings is 2. The summed E-state index contributed by atoms with van der Waals surface area (Å²) < 4.78 is 0. The average molecular weight is 337 g/mol. The van der Waals surface area contributed by atoms with E-state index in [1.807, 2.05) is 13.0 Å². The molecule has 0 aliphatic heterocycles. The maximum atomic E-state index is 12.8. The summed E-state index contributed by atoms with van der Waals surface area (Å²) >= 11 is 0. The van der Waals surface area contributed by atoms with E-state index in [9.17, 15) is 9.59 Å². The standard InChI is InChI=1S/C18H19N5O2/c1-4-14(11-19-3)17(24)22-23(16-8-7-13(2)10-21-16)18(25)15-6-5-9-20-12-15/h4-12H,1-3H3,(H,22,24)/b14-4+,19-11?. The maximum absolute atomic E-state index is 12.8. The highest BCUT2D eigenvalue weighted by Crippen LogP contribution is 2.13. The molecule has 1 N–H and O–H groups in total. The molecule has 0 aliphatic carbocycles. The number of hydrogen-bond donors (Lipinski definition) is 1. The number of carbonyl (C=O) groups is 2. The monoisotopic (exact) mass is 337 g/mol. The van der Waals surface area contributed by atoms with Crippen molar-refractivity contribution in [2.24, 2.45) is 4.99 Å². The Morgan fingerprint density at radius 1 is 1.24 bits per heavy atom. The number of allylic oxidation sites excluding steroid dienone is 1. The van der Waals surface area contributed by atoms with Crippen LogP contribution in [0.1, 0.15) is 22.8 Å². The van der Waals surface area contributed by atoms with E-state index in [4.69, 9.17) is 0 Å². The Labute approximate surface area is 146 Å². The quantitative estimate of drug-likeness (QED) is 0.526. The summed E-state index contributed by atoms with van der Waals surface area (Å²) in [5.41, 5.74) is 4.18. The molecule has 7 nitrogen and oxygen atoms in total. The molecule has 0 radical (unpaired) electrons. The van der Waals surface area contributed by atoms with Crippen LogP contribution in [-0.2, 0) is 4.79 Å². The van der Waals surface area contributed by atoms with Crippen LogP contribution >= 0.6 is 0 Å². The Kier molecular flexibility index (Phi) is 6.11. The van der Waals surface area contributed by atoms with Gasteiger partial charge in [-0.1, -0.05) is 12.1 Å². The van der Waals surface area contributed by atoms with Crippen LogP contribution in [0, 0.1) is 6.92 Å². The zero-order valence-electron chi connectivity index (χ0n) is 14.3. The van der Waals surface area contributed by atoms with Gasteiger partial charge in [0.05, 0.1) is 11.1 Å². The molecule has 7 heteroatoms. The fourth-order valence-electron chi connectivity index (χ4n) is 1.99. The van der Waals surface area contributed by atoms with Crippen LogP contribution in [0.4, 0.5) is 5.82 Å². The molecule has 0 saturated heterocycles. The third-order valence-electron chi connectivity index (χ3n) is 3.29. The maximum Gasteiger partial charge on any atom is 0.280 e. The van der Waals surface area contributed by atoms with Gasteiger partial charge >= 0.3 is 0 Å². The molecule has 0 spiro atoms. The van der Waals surface area contributed by atoms with Gasteiger partial charge in [-0.15, -0.1) is 0 Å². The number of aryl methyl sites for hydroxylation is 1. The van der Waals surface area contributed by atoms with Gasteiger partial charge in [-0.05, 0) is 37.6 Å². The van der Waals surface area contributed by atoms with Crippen LogP contribution in [0.15, 0.2) is 59.5 Å². The van der Waals surface area contributed by atoms with Gasteiger partial charge in [0.2, 0.25) is 0 Å². The van der Waals surface area contributed by atoms with Gasteiger partial charge in [-0.2, -0.15) is 5.01 Å². The van der Waals surface area contributed by atoms with Crippen LogP contribution in [0.5, 0.6) is 0 Å². The van der Waals surface area contributed by atoms with Crippen molar-refractivity contribution < 1.29 is 9.59 Å². The summed E-state index contributed by atoms with van der Waals surface area (Å²) in [5, 5.41) is 1.10. The van der Waals surface area contributed by atoms with Gasteiger partial charge in [0.15, 0.2) is 5.82 Å². The summed E-state index contributed by atoms with van der Waals surface area (Å²) in [6.45, 7) is 3.60. The highest BCUT2D eigenvalue weighted by molar-refractivity contribution is 6.15. The molecule has 0 aromatic carbocycles. The minimum Gasteiger partial charge on any atom is -0.296 e. The highest BCUT2D eigenvalue weighted by atomic mass is 16.2. The van der Waals surface area contributed by atoms with Crippen LogP contribution < -0.4 is 10.4 Å². The van der Waals surface area contributed by atoms with Crippen molar-refractivity contribution in [3.8, 4) is 0 Å². The molecule has 25 heavy (non-hydrogen) atoms. The molecule has 2 rings (SSSR count). The molecule has 0 fully saturated rings. The van der Waals surface area contributed by atoms with Crippen molar-refractivity contribution in [2.45, 2.75) is 13.8 Å². The van der Waals surface area contributed by atoms with E-state index < -0.39 is 11.8 Å². The van der Waals surface area contributed by atoms with Gasteiger partial charge in [0.1, 0.15) is 0 Å². The number of hydrazine groups is 1. The lowest BCUT2D eigenvalue weighted by Gasteiger charge is -2.22. The van der Waals surface area contributed by atoms with E-state index >= 15 is 0 Å². The predicted octanol–water partition coefficient (Wildman–Crippen LogP) is 2.11. The molecule has 0 unspecified atom stereocenters. The summed E-state index contributed by atoms with van der Waals surface area (Å²) in [6, 6.07) is 6.74. The van der Waals surface area contributed by atoms with Crippen LogP contribution in [0.2, 0.25) is 0 Å². The van der Waals surface area contributed by atoms with Crippen molar-refractivity contribution in [1.29, 1.82) is 0 Å². The van der Waals surface area contributed by atoms with E-state index in [1.54, 1.807) is 50.6 Å². The number of aromatic nitrogens is 2. The third-order valence-corrected chi connectivity index (χ3v) is 3.29. The van der Waals surface area contributed by atoms with Crippen molar-refractivity contribution in [3.05, 3.63) is 65.6 Å². The molecular weight excluding hydrogens is 318 g/mol. The minimum atomic E-state index is -0.465. The number of rotatable bonds is 4. The van der Waals surface area contributed by atoms with E-state index in [1.165, 1.54) is 12.4 Å². The Morgan fingerprint density at radius 3 is 2.60 bits per heavy atom. The van der Waals surface area contributed by atoms with Crippen molar-refractivity contribution in [2.75, 3.05) is 12.1 Å². The summed E-state index contributed by atoms with van der Waals surface area (Å²) in [4.78, 5) is 37.3. The van der Waals surface area contributed by atoms with E-state index in [0.29, 0.717) is 17.0 Å². The third kappa shape index (κ3) is 4.57. The second-order valence-electron chi connectivity index (χ2n) is 5.15. The van der Waals surface area contributed by atoms with Crippen molar-refractivity contribution in [3.63, 3.8) is 0 Å². The Morgan fingerprint density at radius 2 is 2.04 bits per heavy atom. The normalized spacial score (nSPS) is 11.4. The largest absolute Gasteiger partial charge is 0.296 e. The molecule has 0 aliphatic rings. The lowest BCUT2D eigenvalue weighted by Crippen LogP contribution is -2.47. The van der Waals surface area contributed by atoms with Crippen LogP contribution in [0.3, 0.4) is 0 Å². The van der Waals surface area contributed by atoms with Gasteiger partial charge in [0.25, 0.3) is 11.8 Å². The first-order valence-corrected chi connectivity index (χ1v) is 7.63.